The van der Waals surface area contributed by atoms with Crippen LogP contribution in [0.5, 0.6) is 0 Å². The molecule has 2 heterocycles. The molecule has 0 spiro atoms. The van der Waals surface area contributed by atoms with Gasteiger partial charge in [-0.05, 0) is 38.2 Å². The summed E-state index contributed by atoms with van der Waals surface area (Å²) < 4.78 is 0. The fourth-order valence-corrected chi connectivity index (χ4v) is 3.92. The second-order valence-corrected chi connectivity index (χ2v) is 6.23. The maximum absolute atomic E-state index is 12.7. The average molecular weight is 333 g/mol. The van der Waals surface area contributed by atoms with Crippen molar-refractivity contribution >= 4 is 46.6 Å². The molecule has 114 valence electrons. The van der Waals surface area contributed by atoms with Crippen LogP contribution in [0.2, 0.25) is 0 Å². The van der Waals surface area contributed by atoms with Crippen molar-refractivity contribution < 1.29 is 9.59 Å². The molecule has 0 aliphatic carbocycles. The minimum Gasteiger partial charge on any atom is -0.348 e. The second kappa shape index (κ2) is 5.73. The topological polar surface area (TPSA) is 52.7 Å². The number of thioether (sulfide) groups is 1. The van der Waals surface area contributed by atoms with Crippen molar-refractivity contribution in [3.05, 3.63) is 34.9 Å². The molecule has 5 nitrogen and oxygen atoms in total. The Bertz CT molecular complexity index is 659. The van der Waals surface area contributed by atoms with Gasteiger partial charge in [-0.3, -0.25) is 19.4 Å². The van der Waals surface area contributed by atoms with Crippen LogP contribution in [-0.2, 0) is 9.59 Å². The third-order valence-corrected chi connectivity index (χ3v) is 5.11. The maximum Gasteiger partial charge on any atom is 0.268 e. The van der Waals surface area contributed by atoms with Gasteiger partial charge in [0.05, 0.1) is 10.7 Å². The summed E-state index contributed by atoms with van der Waals surface area (Å²) in [5.74, 6) is -0.657. The smallest absolute Gasteiger partial charge is 0.268 e. The Morgan fingerprint density at radius 3 is 2.23 bits per heavy atom. The zero-order valence-corrected chi connectivity index (χ0v) is 13.9. The Hall–Kier alpha value is -1.86. The Morgan fingerprint density at radius 2 is 1.68 bits per heavy atom. The highest BCUT2D eigenvalue weighted by Crippen LogP contribution is 2.43. The highest BCUT2D eigenvalue weighted by Gasteiger charge is 2.41. The summed E-state index contributed by atoms with van der Waals surface area (Å²) in [7, 11) is 0. The van der Waals surface area contributed by atoms with Gasteiger partial charge in [-0.2, -0.15) is 0 Å². The number of amides is 2. The number of fused-ring (bicyclic) bond motifs is 1. The Kier molecular flexibility index (Phi) is 3.92. The molecule has 0 aromatic heterocycles. The molecule has 3 rings (SSSR count). The number of carbonyl (C=O) groups excluding carboxylic acids is 2. The lowest BCUT2D eigenvalue weighted by molar-refractivity contribution is -0.133. The highest BCUT2D eigenvalue weighted by atomic mass is 32.2. The van der Waals surface area contributed by atoms with Gasteiger partial charge in [-0.15, -0.1) is 0 Å². The van der Waals surface area contributed by atoms with Crippen molar-refractivity contribution in [2.24, 2.45) is 0 Å². The van der Waals surface area contributed by atoms with Crippen molar-refractivity contribution in [1.29, 1.82) is 0 Å². The molecule has 2 aliphatic rings. The number of para-hydroxylation sites is 1. The molecule has 1 fully saturated rings. The number of hydrogen-bond acceptors (Lipinski definition) is 5. The van der Waals surface area contributed by atoms with E-state index in [1.54, 1.807) is 0 Å². The number of rotatable bonds is 2. The molecule has 0 unspecified atom stereocenters. The molecule has 0 atom stereocenters. The van der Waals surface area contributed by atoms with Crippen LogP contribution >= 0.6 is 24.0 Å². The Balaban J connectivity index is 2.06. The summed E-state index contributed by atoms with van der Waals surface area (Å²) in [5.41, 5.74) is 1.08. The number of thiocarbonyl (C=S) groups is 1. The normalized spacial score (nSPS) is 18.0. The average Bonchev–Trinajstić information content (AvgIpc) is 2.91. The van der Waals surface area contributed by atoms with Gasteiger partial charge in [0.2, 0.25) is 0 Å². The zero-order valence-electron chi connectivity index (χ0n) is 12.3. The molecule has 7 heteroatoms. The van der Waals surface area contributed by atoms with E-state index in [2.05, 4.69) is 5.32 Å². The predicted octanol–water partition coefficient (Wildman–Crippen LogP) is 2.41. The number of benzene rings is 1. The summed E-state index contributed by atoms with van der Waals surface area (Å²) in [6.07, 6.45) is 0. The molecule has 1 saturated heterocycles. The number of anilines is 1. The lowest BCUT2D eigenvalue weighted by Crippen LogP contribution is -2.56. The van der Waals surface area contributed by atoms with Gasteiger partial charge in [0, 0.05) is 18.0 Å². The van der Waals surface area contributed by atoms with Crippen LogP contribution in [0.4, 0.5) is 5.69 Å². The quantitative estimate of drug-likeness (QED) is 0.512. The van der Waals surface area contributed by atoms with Crippen molar-refractivity contribution in [3.63, 3.8) is 0 Å². The van der Waals surface area contributed by atoms with E-state index in [1.807, 2.05) is 38.1 Å². The van der Waals surface area contributed by atoms with E-state index in [1.165, 1.54) is 21.6 Å². The van der Waals surface area contributed by atoms with Gasteiger partial charge >= 0.3 is 0 Å². The zero-order chi connectivity index (χ0) is 15.9. The number of nitrogens with one attached hydrogen (secondary N) is 1. The Labute approximate surface area is 138 Å². The van der Waals surface area contributed by atoms with Gasteiger partial charge in [-0.25, -0.2) is 0 Å². The van der Waals surface area contributed by atoms with E-state index >= 15 is 0 Å². The maximum atomic E-state index is 12.7. The van der Waals surface area contributed by atoms with E-state index in [-0.39, 0.29) is 22.5 Å². The SMILES string of the molecule is CCN1C(=O)C(=C2Nc3ccccc3S2)C(=O)N(CC)C1=S. The first kappa shape index (κ1) is 15.1. The van der Waals surface area contributed by atoms with E-state index in [0.29, 0.717) is 18.1 Å². The fourth-order valence-electron chi connectivity index (χ4n) is 2.46. The van der Waals surface area contributed by atoms with Gasteiger partial charge in [0.1, 0.15) is 5.57 Å². The first-order valence-corrected chi connectivity index (χ1v) is 8.26. The fraction of sp³-hybridized carbons (Fsp3) is 0.267. The standard InChI is InChI=1S/C15H15N3O2S2/c1-3-17-13(19)11(14(20)18(4-2)15(17)21)12-16-9-7-5-6-8-10(9)22-12/h5-8,16H,3-4H2,1-2H3. The Morgan fingerprint density at radius 1 is 1.09 bits per heavy atom. The molecule has 0 radical (unpaired) electrons. The number of hydrogen-bond donors (Lipinski definition) is 1. The van der Waals surface area contributed by atoms with Gasteiger partial charge in [-0.1, -0.05) is 23.9 Å². The van der Waals surface area contributed by atoms with Gasteiger partial charge in [0.15, 0.2) is 5.11 Å². The van der Waals surface area contributed by atoms with E-state index in [0.717, 1.165) is 10.6 Å². The van der Waals surface area contributed by atoms with Crippen LogP contribution in [0, 0.1) is 0 Å². The molecular formula is C15H15N3O2S2. The molecule has 1 aromatic carbocycles. The van der Waals surface area contributed by atoms with Crippen LogP contribution in [0.1, 0.15) is 13.8 Å². The van der Waals surface area contributed by atoms with Gasteiger partial charge in [0.25, 0.3) is 11.8 Å². The first-order valence-electron chi connectivity index (χ1n) is 7.04. The molecule has 0 saturated carbocycles. The molecule has 0 bridgehead atoms. The van der Waals surface area contributed by atoms with Crippen molar-refractivity contribution in [2.45, 2.75) is 18.7 Å². The minimum absolute atomic E-state index is 0.165. The minimum atomic E-state index is -0.329. The van der Waals surface area contributed by atoms with E-state index in [4.69, 9.17) is 12.2 Å². The van der Waals surface area contributed by atoms with E-state index < -0.39 is 0 Å². The monoisotopic (exact) mass is 333 g/mol. The molecule has 2 amide bonds. The van der Waals surface area contributed by atoms with Crippen LogP contribution < -0.4 is 5.32 Å². The molecule has 2 aliphatic heterocycles. The summed E-state index contributed by atoms with van der Waals surface area (Å²) in [6, 6.07) is 7.72. The summed E-state index contributed by atoms with van der Waals surface area (Å²) >= 11 is 6.67. The van der Waals surface area contributed by atoms with Crippen LogP contribution in [-0.4, -0.2) is 39.8 Å². The lowest BCUT2D eigenvalue weighted by atomic mass is 10.1. The summed E-state index contributed by atoms with van der Waals surface area (Å²) in [4.78, 5) is 29.2. The molecule has 1 aromatic rings. The van der Waals surface area contributed by atoms with Crippen molar-refractivity contribution in [2.75, 3.05) is 18.4 Å². The number of nitrogens with zero attached hydrogens (tertiary/aromatic N) is 2. The van der Waals surface area contributed by atoms with Crippen molar-refractivity contribution in [1.82, 2.24) is 9.80 Å². The molecule has 1 N–H and O–H groups in total. The van der Waals surface area contributed by atoms with Crippen LogP contribution in [0.3, 0.4) is 0 Å². The predicted molar refractivity (Wildman–Crippen MR) is 90.3 cm³/mol. The number of carbonyl (C=O) groups is 2. The third-order valence-electron chi connectivity index (χ3n) is 3.59. The van der Waals surface area contributed by atoms with Crippen molar-refractivity contribution in [3.8, 4) is 0 Å². The highest BCUT2D eigenvalue weighted by molar-refractivity contribution is 8.03. The number of likely N-dealkylation sites (N-methyl/N-ethyl adjacent to an activating group) is 2. The van der Waals surface area contributed by atoms with Gasteiger partial charge < -0.3 is 5.32 Å². The first-order chi connectivity index (χ1) is 10.6. The summed E-state index contributed by atoms with van der Waals surface area (Å²) in [5, 5.41) is 4.03. The molecule has 22 heavy (non-hydrogen) atoms. The van der Waals surface area contributed by atoms with E-state index in [9.17, 15) is 9.59 Å². The third kappa shape index (κ3) is 2.21. The largest absolute Gasteiger partial charge is 0.348 e. The lowest BCUT2D eigenvalue weighted by Gasteiger charge is -2.35. The van der Waals surface area contributed by atoms with Crippen LogP contribution in [0.25, 0.3) is 0 Å². The van der Waals surface area contributed by atoms with Crippen LogP contribution in [0.15, 0.2) is 39.8 Å². The second-order valence-electron chi connectivity index (χ2n) is 4.81. The summed E-state index contributed by atoms with van der Waals surface area (Å²) in [6.45, 7) is 4.58. The molecular weight excluding hydrogens is 318 g/mol.